The maximum atomic E-state index is 6.53. The van der Waals surface area contributed by atoms with E-state index in [9.17, 15) is 0 Å². The summed E-state index contributed by atoms with van der Waals surface area (Å²) in [7, 11) is 0. The molecule has 0 amide bonds. The first-order valence-corrected chi connectivity index (χ1v) is 23.8. The normalized spacial score (nSPS) is 11.7. The molecular weight excluding hydrogens is 853 g/mol. The van der Waals surface area contributed by atoms with Gasteiger partial charge >= 0.3 is 0 Å². The number of nitrogens with zero attached hydrogens (tertiary/aromatic N) is 2. The predicted octanol–water partition coefficient (Wildman–Crippen LogP) is 18.7. The SMILES string of the molecule is c1ccc(-c2cccc3c2oc2ccc(-c4ccc(N(c5ccc(-c6ccc7c(c6)c6ccccc6n7-c6ccccc6)cc5)c5ccc(-c6cccc7oc8ccccc8c67)cc5)cc4)cc23)cc1. The lowest BCUT2D eigenvalue weighted by molar-refractivity contribution is 0.669. The average Bonchev–Trinajstić information content (AvgIpc) is 4.12. The summed E-state index contributed by atoms with van der Waals surface area (Å²) in [4.78, 5) is 2.35. The molecule has 4 nitrogen and oxygen atoms in total. The third-order valence-electron chi connectivity index (χ3n) is 14.0. The number of para-hydroxylation sites is 4. The molecule has 0 bridgehead atoms. The molecule has 0 spiro atoms. The molecule has 0 aliphatic rings. The van der Waals surface area contributed by atoms with E-state index in [0.29, 0.717) is 0 Å². The number of aromatic nitrogens is 1. The molecule has 14 aromatic rings. The molecule has 70 heavy (non-hydrogen) atoms. The van der Waals surface area contributed by atoms with Crippen LogP contribution < -0.4 is 4.90 Å². The molecule has 0 N–H and O–H groups in total. The number of anilines is 3. The van der Waals surface area contributed by atoms with Gasteiger partial charge in [-0.05, 0) is 130 Å². The van der Waals surface area contributed by atoms with Crippen molar-refractivity contribution in [3.8, 4) is 50.2 Å². The van der Waals surface area contributed by atoms with E-state index in [2.05, 4.69) is 246 Å². The largest absolute Gasteiger partial charge is 0.456 e. The molecule has 3 heterocycles. The van der Waals surface area contributed by atoms with Crippen LogP contribution in [0.2, 0.25) is 0 Å². The summed E-state index contributed by atoms with van der Waals surface area (Å²) in [5.74, 6) is 0. The van der Waals surface area contributed by atoms with Crippen molar-refractivity contribution in [3.63, 3.8) is 0 Å². The van der Waals surface area contributed by atoms with Gasteiger partial charge in [0.05, 0.1) is 11.0 Å². The number of rotatable bonds is 8. The highest BCUT2D eigenvalue weighted by Gasteiger charge is 2.19. The lowest BCUT2D eigenvalue weighted by Gasteiger charge is -2.26. The summed E-state index contributed by atoms with van der Waals surface area (Å²) in [5.41, 5.74) is 19.4. The van der Waals surface area contributed by atoms with Gasteiger partial charge in [-0.15, -0.1) is 0 Å². The van der Waals surface area contributed by atoms with E-state index in [1.807, 2.05) is 18.2 Å². The van der Waals surface area contributed by atoms with Gasteiger partial charge in [0.1, 0.15) is 22.3 Å². The Bertz CT molecular complexity index is 4260. The zero-order valence-electron chi connectivity index (χ0n) is 38.0. The minimum atomic E-state index is 0.882. The molecule has 328 valence electrons. The Morgan fingerprint density at radius 2 is 0.786 bits per heavy atom. The van der Waals surface area contributed by atoms with Crippen LogP contribution in [-0.4, -0.2) is 4.57 Å². The molecule has 0 unspecified atom stereocenters. The van der Waals surface area contributed by atoms with Gasteiger partial charge in [0, 0.05) is 60.6 Å². The summed E-state index contributed by atoms with van der Waals surface area (Å²) < 4.78 is 15.2. The first-order valence-electron chi connectivity index (χ1n) is 23.8. The second-order valence-electron chi connectivity index (χ2n) is 18.0. The fourth-order valence-corrected chi connectivity index (χ4v) is 10.7. The fourth-order valence-electron chi connectivity index (χ4n) is 10.7. The summed E-state index contributed by atoms with van der Waals surface area (Å²) >= 11 is 0. The van der Waals surface area contributed by atoms with Gasteiger partial charge in [-0.1, -0.05) is 164 Å². The highest BCUT2D eigenvalue weighted by molar-refractivity contribution is 6.13. The van der Waals surface area contributed by atoms with E-state index in [-0.39, 0.29) is 0 Å². The van der Waals surface area contributed by atoms with Crippen LogP contribution in [0.3, 0.4) is 0 Å². The molecule has 0 aliphatic carbocycles. The molecule has 3 aromatic heterocycles. The van der Waals surface area contributed by atoms with Gasteiger partial charge in [-0.3, -0.25) is 0 Å². The number of benzene rings is 11. The van der Waals surface area contributed by atoms with E-state index in [1.54, 1.807) is 0 Å². The monoisotopic (exact) mass is 894 g/mol. The van der Waals surface area contributed by atoms with Crippen LogP contribution in [0.25, 0.3) is 116 Å². The Morgan fingerprint density at radius 3 is 1.51 bits per heavy atom. The number of hydrogen-bond donors (Lipinski definition) is 0. The van der Waals surface area contributed by atoms with Gasteiger partial charge in [-0.2, -0.15) is 0 Å². The summed E-state index contributed by atoms with van der Waals surface area (Å²) in [6.45, 7) is 0. The number of hydrogen-bond acceptors (Lipinski definition) is 3. The highest BCUT2D eigenvalue weighted by atomic mass is 16.3. The Labute approximate surface area is 404 Å². The second kappa shape index (κ2) is 16.2. The maximum Gasteiger partial charge on any atom is 0.143 e. The van der Waals surface area contributed by atoms with Crippen molar-refractivity contribution in [1.82, 2.24) is 4.57 Å². The first-order chi connectivity index (χ1) is 34.7. The zero-order chi connectivity index (χ0) is 46.1. The molecule has 0 fully saturated rings. The van der Waals surface area contributed by atoms with E-state index < -0.39 is 0 Å². The average molecular weight is 895 g/mol. The minimum Gasteiger partial charge on any atom is -0.456 e. The van der Waals surface area contributed by atoms with Crippen molar-refractivity contribution in [2.24, 2.45) is 0 Å². The molecule has 0 saturated heterocycles. The van der Waals surface area contributed by atoms with Crippen molar-refractivity contribution in [3.05, 3.63) is 255 Å². The van der Waals surface area contributed by atoms with E-state index in [0.717, 1.165) is 106 Å². The van der Waals surface area contributed by atoms with E-state index in [4.69, 9.17) is 8.83 Å². The molecular formula is C66H42N2O2. The zero-order valence-corrected chi connectivity index (χ0v) is 38.0. The van der Waals surface area contributed by atoms with Crippen LogP contribution in [0.15, 0.2) is 264 Å². The van der Waals surface area contributed by atoms with Crippen LogP contribution in [0, 0.1) is 0 Å². The topological polar surface area (TPSA) is 34.5 Å². The van der Waals surface area contributed by atoms with Crippen LogP contribution in [-0.2, 0) is 0 Å². The van der Waals surface area contributed by atoms with Gasteiger partial charge in [0.15, 0.2) is 0 Å². The number of furan rings is 2. The molecule has 4 heteroatoms. The third-order valence-corrected chi connectivity index (χ3v) is 14.0. The standard InChI is InChI=1S/C66H42N2O2/c1-3-13-45(14-4-1)54-20-11-21-56-59-42-48(32-40-63(59)70-66(54)56)44-27-35-51(36-28-44)67(52-37-29-46(30-38-52)53-19-12-24-64-65(53)57-18-8-10-23-62(57)69-64)50-33-25-43(26-34-50)47-31-39-61-58(41-47)55-17-7-9-22-60(55)68(61)49-15-5-2-6-16-49/h1-42H. The Morgan fingerprint density at radius 1 is 0.286 bits per heavy atom. The summed E-state index contributed by atoms with van der Waals surface area (Å²) in [5, 5.41) is 6.96. The first kappa shape index (κ1) is 39.8. The van der Waals surface area contributed by atoms with Crippen molar-refractivity contribution < 1.29 is 8.83 Å². The van der Waals surface area contributed by atoms with Gasteiger partial charge in [-0.25, -0.2) is 0 Å². The molecule has 0 aliphatic heterocycles. The predicted molar refractivity (Wildman–Crippen MR) is 292 cm³/mol. The van der Waals surface area contributed by atoms with Crippen LogP contribution >= 0.6 is 0 Å². The molecule has 0 saturated carbocycles. The molecule has 0 radical (unpaired) electrons. The van der Waals surface area contributed by atoms with E-state index >= 15 is 0 Å². The quantitative estimate of drug-likeness (QED) is 0.152. The summed E-state index contributed by atoms with van der Waals surface area (Å²) in [6, 6.07) is 91.1. The Hall–Kier alpha value is -9.38. The number of fused-ring (bicyclic) bond motifs is 9. The Kier molecular flexibility index (Phi) is 9.17. The summed E-state index contributed by atoms with van der Waals surface area (Å²) in [6.07, 6.45) is 0. The lowest BCUT2D eigenvalue weighted by Crippen LogP contribution is -2.09. The second-order valence-corrected chi connectivity index (χ2v) is 18.0. The maximum absolute atomic E-state index is 6.53. The molecule has 11 aromatic carbocycles. The van der Waals surface area contributed by atoms with Crippen LogP contribution in [0.4, 0.5) is 17.1 Å². The van der Waals surface area contributed by atoms with Crippen molar-refractivity contribution in [2.45, 2.75) is 0 Å². The molecule has 0 atom stereocenters. The van der Waals surface area contributed by atoms with Gasteiger partial charge < -0.3 is 18.3 Å². The van der Waals surface area contributed by atoms with Crippen molar-refractivity contribution in [1.29, 1.82) is 0 Å². The Balaban J connectivity index is 0.847. The van der Waals surface area contributed by atoms with Crippen LogP contribution in [0.1, 0.15) is 0 Å². The van der Waals surface area contributed by atoms with Crippen molar-refractivity contribution in [2.75, 3.05) is 4.90 Å². The smallest absolute Gasteiger partial charge is 0.143 e. The van der Waals surface area contributed by atoms with Gasteiger partial charge in [0.2, 0.25) is 0 Å². The fraction of sp³-hybridized carbons (Fsp3) is 0. The molecule has 14 rings (SSSR count). The van der Waals surface area contributed by atoms with Gasteiger partial charge in [0.25, 0.3) is 0 Å². The third kappa shape index (κ3) is 6.53. The lowest BCUT2D eigenvalue weighted by atomic mass is 9.98. The van der Waals surface area contributed by atoms with E-state index in [1.165, 1.54) is 27.4 Å². The van der Waals surface area contributed by atoms with Crippen molar-refractivity contribution >= 4 is 82.7 Å². The highest BCUT2D eigenvalue weighted by Crippen LogP contribution is 2.43. The minimum absolute atomic E-state index is 0.882. The van der Waals surface area contributed by atoms with Crippen LogP contribution in [0.5, 0.6) is 0 Å².